The second-order valence-electron chi connectivity index (χ2n) is 3.80. The van der Waals surface area contributed by atoms with E-state index in [2.05, 4.69) is 9.97 Å². The molecular weight excluding hydrogens is 206 g/mol. The highest BCUT2D eigenvalue weighted by atomic mass is 16.5. The van der Waals surface area contributed by atoms with Gasteiger partial charge in [-0.2, -0.15) is 0 Å². The van der Waals surface area contributed by atoms with Crippen LogP contribution >= 0.6 is 0 Å². The SMILES string of the molecule is CCC(C)(OC)C(N)c1nccnc1OC. The summed E-state index contributed by atoms with van der Waals surface area (Å²) in [7, 11) is 3.20. The van der Waals surface area contributed by atoms with Crippen LogP contribution in [0.2, 0.25) is 0 Å². The van der Waals surface area contributed by atoms with Crippen molar-refractivity contribution in [3.63, 3.8) is 0 Å². The van der Waals surface area contributed by atoms with Crippen molar-refractivity contribution in [3.8, 4) is 5.88 Å². The molecule has 0 radical (unpaired) electrons. The Morgan fingerprint density at radius 3 is 2.50 bits per heavy atom. The topological polar surface area (TPSA) is 70.3 Å². The summed E-state index contributed by atoms with van der Waals surface area (Å²) >= 11 is 0. The molecule has 2 unspecified atom stereocenters. The van der Waals surface area contributed by atoms with Crippen LogP contribution in [0.3, 0.4) is 0 Å². The van der Waals surface area contributed by atoms with Gasteiger partial charge < -0.3 is 15.2 Å². The number of nitrogens with zero attached hydrogens (tertiary/aromatic N) is 2. The molecule has 2 N–H and O–H groups in total. The first kappa shape index (κ1) is 12.9. The fourth-order valence-corrected chi connectivity index (χ4v) is 1.49. The van der Waals surface area contributed by atoms with Gasteiger partial charge in [-0.05, 0) is 13.3 Å². The van der Waals surface area contributed by atoms with Crippen molar-refractivity contribution in [1.82, 2.24) is 9.97 Å². The van der Waals surface area contributed by atoms with Crippen molar-refractivity contribution in [2.45, 2.75) is 31.9 Å². The summed E-state index contributed by atoms with van der Waals surface area (Å²) in [5.41, 5.74) is 6.32. The molecule has 0 bridgehead atoms. The minimum Gasteiger partial charge on any atom is -0.480 e. The van der Waals surface area contributed by atoms with E-state index < -0.39 is 5.60 Å². The van der Waals surface area contributed by atoms with Crippen LogP contribution < -0.4 is 10.5 Å². The quantitative estimate of drug-likeness (QED) is 0.818. The molecule has 0 spiro atoms. The Morgan fingerprint density at radius 2 is 2.00 bits per heavy atom. The molecule has 0 saturated carbocycles. The average Bonchev–Trinajstić information content (AvgIpc) is 2.36. The fourth-order valence-electron chi connectivity index (χ4n) is 1.49. The van der Waals surface area contributed by atoms with Gasteiger partial charge in [0.1, 0.15) is 5.69 Å². The van der Waals surface area contributed by atoms with Gasteiger partial charge in [0.2, 0.25) is 5.88 Å². The highest BCUT2D eigenvalue weighted by Crippen LogP contribution is 2.31. The first-order chi connectivity index (χ1) is 7.59. The Labute approximate surface area is 96.0 Å². The third kappa shape index (κ3) is 2.31. The summed E-state index contributed by atoms with van der Waals surface area (Å²) in [6.07, 6.45) is 3.96. The largest absolute Gasteiger partial charge is 0.480 e. The minimum absolute atomic E-state index is 0.369. The zero-order valence-corrected chi connectivity index (χ0v) is 10.2. The van der Waals surface area contributed by atoms with Crippen molar-refractivity contribution in [3.05, 3.63) is 18.1 Å². The molecule has 1 aromatic heterocycles. The number of hydrogen-bond donors (Lipinski definition) is 1. The van der Waals surface area contributed by atoms with Gasteiger partial charge in [0.25, 0.3) is 0 Å². The van der Waals surface area contributed by atoms with Crippen LogP contribution in [0.5, 0.6) is 5.88 Å². The predicted octanol–water partition coefficient (Wildman–Crippen LogP) is 1.30. The van der Waals surface area contributed by atoms with E-state index in [1.54, 1.807) is 26.6 Å². The third-order valence-corrected chi connectivity index (χ3v) is 3.01. The van der Waals surface area contributed by atoms with E-state index in [1.807, 2.05) is 13.8 Å². The van der Waals surface area contributed by atoms with E-state index in [0.717, 1.165) is 6.42 Å². The summed E-state index contributed by atoms with van der Waals surface area (Å²) in [6, 6.07) is -0.369. The predicted molar refractivity (Wildman–Crippen MR) is 61.2 cm³/mol. The van der Waals surface area contributed by atoms with Crippen LogP contribution in [0.1, 0.15) is 32.0 Å². The fraction of sp³-hybridized carbons (Fsp3) is 0.636. The molecule has 16 heavy (non-hydrogen) atoms. The van der Waals surface area contributed by atoms with Gasteiger partial charge in [-0.25, -0.2) is 4.98 Å². The van der Waals surface area contributed by atoms with E-state index >= 15 is 0 Å². The maximum absolute atomic E-state index is 6.16. The number of nitrogens with two attached hydrogens (primary N) is 1. The summed E-state index contributed by atoms with van der Waals surface area (Å²) < 4.78 is 10.6. The number of ether oxygens (including phenoxy) is 2. The van der Waals surface area contributed by atoms with Gasteiger partial charge in [0.05, 0.1) is 18.8 Å². The highest BCUT2D eigenvalue weighted by molar-refractivity contribution is 5.23. The molecule has 2 atom stereocenters. The van der Waals surface area contributed by atoms with Crippen molar-refractivity contribution >= 4 is 0 Å². The molecule has 0 aromatic carbocycles. The molecule has 0 amide bonds. The molecule has 1 aromatic rings. The van der Waals surface area contributed by atoms with Gasteiger partial charge in [-0.1, -0.05) is 6.92 Å². The Morgan fingerprint density at radius 1 is 1.38 bits per heavy atom. The zero-order valence-electron chi connectivity index (χ0n) is 10.2. The lowest BCUT2D eigenvalue weighted by Crippen LogP contribution is -2.40. The van der Waals surface area contributed by atoms with E-state index in [-0.39, 0.29) is 6.04 Å². The minimum atomic E-state index is -0.469. The van der Waals surface area contributed by atoms with E-state index in [0.29, 0.717) is 11.6 Å². The zero-order chi connectivity index (χ0) is 12.2. The summed E-state index contributed by atoms with van der Waals surface area (Å²) in [6.45, 7) is 3.97. The normalized spacial score (nSPS) is 16.6. The number of aromatic nitrogens is 2. The molecule has 0 fully saturated rings. The standard InChI is InChI=1S/C11H19N3O2/c1-5-11(2,16-4)9(12)8-10(15-3)14-7-6-13-8/h6-7,9H,5,12H2,1-4H3. The van der Waals surface area contributed by atoms with E-state index in [4.69, 9.17) is 15.2 Å². The Bertz CT molecular complexity index is 340. The van der Waals surface area contributed by atoms with Gasteiger partial charge in [-0.15, -0.1) is 0 Å². The first-order valence-corrected chi connectivity index (χ1v) is 5.24. The Hall–Kier alpha value is -1.20. The number of methoxy groups -OCH3 is 2. The van der Waals surface area contributed by atoms with Gasteiger partial charge >= 0.3 is 0 Å². The summed E-state index contributed by atoms with van der Waals surface area (Å²) in [5.74, 6) is 0.451. The molecule has 0 aliphatic rings. The number of hydrogen-bond acceptors (Lipinski definition) is 5. The average molecular weight is 225 g/mol. The lowest BCUT2D eigenvalue weighted by molar-refractivity contribution is -0.0211. The van der Waals surface area contributed by atoms with Crippen LogP contribution in [0, 0.1) is 0 Å². The smallest absolute Gasteiger partial charge is 0.237 e. The molecule has 0 aliphatic heterocycles. The third-order valence-electron chi connectivity index (χ3n) is 3.01. The van der Waals surface area contributed by atoms with Crippen molar-refractivity contribution in [1.29, 1.82) is 0 Å². The second-order valence-corrected chi connectivity index (χ2v) is 3.80. The molecular formula is C11H19N3O2. The molecule has 90 valence electrons. The maximum Gasteiger partial charge on any atom is 0.237 e. The van der Waals surface area contributed by atoms with Gasteiger partial charge in [-0.3, -0.25) is 4.98 Å². The summed E-state index contributed by atoms with van der Waals surface area (Å²) in [5, 5.41) is 0. The second kappa shape index (κ2) is 5.23. The molecule has 1 heterocycles. The number of rotatable bonds is 5. The molecule has 5 heteroatoms. The highest BCUT2D eigenvalue weighted by Gasteiger charge is 2.34. The van der Waals surface area contributed by atoms with Crippen LogP contribution in [-0.4, -0.2) is 29.8 Å². The van der Waals surface area contributed by atoms with Crippen LogP contribution in [-0.2, 0) is 4.74 Å². The van der Waals surface area contributed by atoms with Crippen LogP contribution in [0.4, 0.5) is 0 Å². The lowest BCUT2D eigenvalue weighted by Gasteiger charge is -2.32. The van der Waals surface area contributed by atoms with E-state index in [9.17, 15) is 0 Å². The van der Waals surface area contributed by atoms with Crippen molar-refractivity contribution in [2.24, 2.45) is 5.73 Å². The first-order valence-electron chi connectivity index (χ1n) is 5.24. The van der Waals surface area contributed by atoms with Crippen molar-refractivity contribution < 1.29 is 9.47 Å². The Balaban J connectivity index is 3.08. The molecule has 0 aliphatic carbocycles. The Kier molecular flexibility index (Phi) is 4.20. The maximum atomic E-state index is 6.16. The summed E-state index contributed by atoms with van der Waals surface area (Å²) in [4.78, 5) is 8.30. The molecule has 1 rings (SSSR count). The molecule has 5 nitrogen and oxygen atoms in total. The van der Waals surface area contributed by atoms with Crippen LogP contribution in [0.25, 0.3) is 0 Å². The van der Waals surface area contributed by atoms with Crippen LogP contribution in [0.15, 0.2) is 12.4 Å². The molecule has 0 saturated heterocycles. The van der Waals surface area contributed by atoms with Gasteiger partial charge in [0, 0.05) is 19.5 Å². The monoisotopic (exact) mass is 225 g/mol. The van der Waals surface area contributed by atoms with Gasteiger partial charge in [0.15, 0.2) is 0 Å². The van der Waals surface area contributed by atoms with Crippen molar-refractivity contribution in [2.75, 3.05) is 14.2 Å². The van der Waals surface area contributed by atoms with E-state index in [1.165, 1.54) is 0 Å². The lowest BCUT2D eigenvalue weighted by atomic mass is 9.91.